The lowest BCUT2D eigenvalue weighted by Gasteiger charge is -2.21. The third kappa shape index (κ3) is 6.34. The highest BCUT2D eigenvalue weighted by Crippen LogP contribution is 2.17. The zero-order valence-corrected chi connectivity index (χ0v) is 21.2. The maximum atomic E-state index is 12.4. The predicted octanol–water partition coefficient (Wildman–Crippen LogP) is 2.50. The van der Waals surface area contributed by atoms with Gasteiger partial charge in [-0.25, -0.2) is 9.48 Å². The van der Waals surface area contributed by atoms with Crippen LogP contribution in [0, 0.1) is 5.92 Å². The van der Waals surface area contributed by atoms with Crippen LogP contribution in [0.3, 0.4) is 0 Å². The molecule has 0 bridgehead atoms. The Morgan fingerprint density at radius 2 is 2.09 bits per heavy atom. The van der Waals surface area contributed by atoms with Gasteiger partial charge in [0.25, 0.3) is 0 Å². The average molecular weight is 554 g/mol. The van der Waals surface area contributed by atoms with Gasteiger partial charge in [0.2, 0.25) is 0 Å². The summed E-state index contributed by atoms with van der Waals surface area (Å²) in [5.41, 5.74) is 1.25. The summed E-state index contributed by atoms with van der Waals surface area (Å²) in [6.45, 7) is 5.61. The molecule has 2 aromatic rings. The highest BCUT2D eigenvalue weighted by Gasteiger charge is 2.25. The number of benzene rings is 1. The van der Waals surface area contributed by atoms with Crippen LogP contribution in [0.1, 0.15) is 37.1 Å². The monoisotopic (exact) mass is 554 g/mol. The molecule has 0 saturated carbocycles. The molecular weight excluding hydrogens is 519 g/mol. The van der Waals surface area contributed by atoms with Crippen molar-refractivity contribution in [3.63, 3.8) is 0 Å². The summed E-state index contributed by atoms with van der Waals surface area (Å²) in [6, 6.07) is 10.3. The summed E-state index contributed by atoms with van der Waals surface area (Å²) in [5.74, 6) is 2.40. The van der Waals surface area contributed by atoms with E-state index in [2.05, 4.69) is 32.4 Å². The Bertz CT molecular complexity index is 926. The van der Waals surface area contributed by atoms with Gasteiger partial charge in [-0.15, -0.1) is 24.0 Å². The maximum absolute atomic E-state index is 12.4. The van der Waals surface area contributed by atoms with E-state index >= 15 is 0 Å². The summed E-state index contributed by atoms with van der Waals surface area (Å²) in [4.78, 5) is 19.2. The van der Waals surface area contributed by atoms with Gasteiger partial charge in [0.05, 0.1) is 13.2 Å². The zero-order valence-electron chi connectivity index (χ0n) is 18.9. The number of nitrogens with zero attached hydrogens (tertiary/aromatic N) is 5. The summed E-state index contributed by atoms with van der Waals surface area (Å²) >= 11 is 0. The van der Waals surface area contributed by atoms with Crippen LogP contribution >= 0.6 is 24.0 Å². The third-order valence-corrected chi connectivity index (χ3v) is 6.12. The van der Waals surface area contributed by atoms with E-state index in [1.54, 1.807) is 4.68 Å². The molecule has 0 aliphatic carbocycles. The van der Waals surface area contributed by atoms with Crippen molar-refractivity contribution in [1.82, 2.24) is 24.6 Å². The molecule has 32 heavy (non-hydrogen) atoms. The van der Waals surface area contributed by atoms with Gasteiger partial charge in [-0.3, -0.25) is 9.56 Å². The van der Waals surface area contributed by atoms with Crippen molar-refractivity contribution in [2.24, 2.45) is 10.9 Å². The van der Waals surface area contributed by atoms with E-state index < -0.39 is 0 Å². The molecule has 0 spiro atoms. The fourth-order valence-electron chi connectivity index (χ4n) is 4.43. The Morgan fingerprint density at radius 1 is 1.25 bits per heavy atom. The van der Waals surface area contributed by atoms with Crippen LogP contribution in [0.25, 0.3) is 0 Å². The maximum Gasteiger partial charge on any atom is 0.345 e. The molecule has 1 atom stereocenters. The predicted molar refractivity (Wildman–Crippen MR) is 137 cm³/mol. The first-order valence-electron chi connectivity index (χ1n) is 11.5. The van der Waals surface area contributed by atoms with Crippen LogP contribution in [0.2, 0.25) is 0 Å². The number of aromatic nitrogens is 3. The van der Waals surface area contributed by atoms with E-state index in [9.17, 15) is 4.79 Å². The molecule has 1 saturated heterocycles. The average Bonchev–Trinajstić information content (AvgIpc) is 3.39. The number of guanidine groups is 1. The molecule has 8 nitrogen and oxygen atoms in total. The largest absolute Gasteiger partial charge is 0.376 e. The van der Waals surface area contributed by atoms with Gasteiger partial charge in [0.1, 0.15) is 5.82 Å². The Hall–Kier alpha value is -1.88. The van der Waals surface area contributed by atoms with Gasteiger partial charge in [0, 0.05) is 52.1 Å². The molecule has 1 fully saturated rings. The fourth-order valence-corrected chi connectivity index (χ4v) is 4.43. The molecule has 4 rings (SSSR count). The van der Waals surface area contributed by atoms with Gasteiger partial charge < -0.3 is 15.0 Å². The molecule has 1 N–H and O–H groups in total. The van der Waals surface area contributed by atoms with Crippen molar-refractivity contribution in [1.29, 1.82) is 0 Å². The lowest BCUT2D eigenvalue weighted by Crippen LogP contribution is -2.41. The van der Waals surface area contributed by atoms with Crippen molar-refractivity contribution in [3.05, 3.63) is 52.2 Å². The molecular formula is C23H35IN6O2. The van der Waals surface area contributed by atoms with Gasteiger partial charge in [-0.2, -0.15) is 5.10 Å². The molecule has 2 aliphatic rings. The molecule has 2 aliphatic heterocycles. The van der Waals surface area contributed by atoms with E-state index in [-0.39, 0.29) is 29.7 Å². The van der Waals surface area contributed by atoms with Crippen molar-refractivity contribution in [3.8, 4) is 0 Å². The summed E-state index contributed by atoms with van der Waals surface area (Å²) in [5, 5.41) is 7.96. The molecule has 176 valence electrons. The quantitative estimate of drug-likeness (QED) is 0.235. The van der Waals surface area contributed by atoms with E-state index in [0.717, 1.165) is 76.7 Å². The highest BCUT2D eigenvalue weighted by atomic mass is 127. The second-order valence-electron chi connectivity index (χ2n) is 8.46. The summed E-state index contributed by atoms with van der Waals surface area (Å²) in [6.07, 6.45) is 5.07. The molecule has 1 unspecified atom stereocenters. The lowest BCUT2D eigenvalue weighted by atomic mass is 10.1. The number of likely N-dealkylation sites (tertiary alicyclic amines) is 1. The van der Waals surface area contributed by atoms with Crippen LogP contribution in [-0.2, 0) is 30.9 Å². The Morgan fingerprint density at radius 3 is 2.88 bits per heavy atom. The van der Waals surface area contributed by atoms with E-state index in [0.29, 0.717) is 19.1 Å². The summed E-state index contributed by atoms with van der Waals surface area (Å²) in [7, 11) is 1.83. The number of ether oxygens (including phenoxy) is 1. The summed E-state index contributed by atoms with van der Waals surface area (Å²) < 4.78 is 9.39. The number of nitrogens with one attached hydrogen (secondary N) is 1. The minimum absolute atomic E-state index is 0. The van der Waals surface area contributed by atoms with Crippen LogP contribution in [-0.4, -0.2) is 58.5 Å². The second-order valence-corrected chi connectivity index (χ2v) is 8.46. The lowest BCUT2D eigenvalue weighted by molar-refractivity contribution is 0.0907. The Balaban J connectivity index is 0.00000289. The smallest absolute Gasteiger partial charge is 0.345 e. The molecule has 1 aromatic carbocycles. The van der Waals surface area contributed by atoms with E-state index in [1.807, 2.05) is 29.8 Å². The number of hydrogen-bond donors (Lipinski definition) is 1. The highest BCUT2D eigenvalue weighted by molar-refractivity contribution is 14.0. The Labute approximate surface area is 207 Å². The molecule has 1 aromatic heterocycles. The van der Waals surface area contributed by atoms with Crippen molar-refractivity contribution in [2.75, 3.05) is 33.3 Å². The molecule has 0 amide bonds. The standard InChI is InChI=1S/C23H34N6O2.HI/c1-24-22(25-12-7-14-29-23(30)28-13-6-5-10-21(28)26-29)27-15-11-20(16-27)18-31-17-19-8-3-2-4-9-19;/h2-4,8-9,20H,5-7,10-18H2,1H3,(H,24,25);1H. The molecule has 0 radical (unpaired) electrons. The number of aliphatic imine (C=N–C) groups is 1. The first-order chi connectivity index (χ1) is 15.2. The van der Waals surface area contributed by atoms with E-state index in [4.69, 9.17) is 4.74 Å². The van der Waals surface area contributed by atoms with Crippen LogP contribution in [0.5, 0.6) is 0 Å². The van der Waals surface area contributed by atoms with Crippen molar-refractivity contribution >= 4 is 29.9 Å². The molecule has 9 heteroatoms. The number of halogens is 1. The fraction of sp³-hybridized carbons (Fsp3) is 0.609. The second kappa shape index (κ2) is 12.4. The van der Waals surface area contributed by atoms with Gasteiger partial charge in [-0.05, 0) is 31.2 Å². The Kier molecular flexibility index (Phi) is 9.58. The third-order valence-electron chi connectivity index (χ3n) is 6.12. The molecule has 3 heterocycles. The van der Waals surface area contributed by atoms with Crippen molar-refractivity contribution in [2.45, 2.75) is 51.8 Å². The normalized spacial score (nSPS) is 18.3. The number of fused-ring (bicyclic) bond motifs is 1. The SMILES string of the molecule is CN=C(NCCCn1nc2n(c1=O)CCCC2)N1CCC(COCc2ccccc2)C1.I. The van der Waals surface area contributed by atoms with Crippen LogP contribution in [0.4, 0.5) is 0 Å². The van der Waals surface area contributed by atoms with E-state index in [1.165, 1.54) is 5.56 Å². The zero-order chi connectivity index (χ0) is 21.5. The van der Waals surface area contributed by atoms with Gasteiger partial charge in [0.15, 0.2) is 5.96 Å². The van der Waals surface area contributed by atoms with Crippen molar-refractivity contribution < 1.29 is 4.74 Å². The minimum Gasteiger partial charge on any atom is -0.376 e. The number of aryl methyl sites for hydroxylation is 2. The minimum atomic E-state index is 0. The topological polar surface area (TPSA) is 76.7 Å². The van der Waals surface area contributed by atoms with Crippen LogP contribution in [0.15, 0.2) is 40.1 Å². The first-order valence-corrected chi connectivity index (χ1v) is 11.5. The number of rotatable bonds is 8. The van der Waals surface area contributed by atoms with Gasteiger partial charge >= 0.3 is 5.69 Å². The van der Waals surface area contributed by atoms with Gasteiger partial charge in [-0.1, -0.05) is 30.3 Å². The van der Waals surface area contributed by atoms with Crippen LogP contribution < -0.4 is 11.0 Å². The number of hydrogen-bond acceptors (Lipinski definition) is 4. The first kappa shape index (κ1) is 24.8.